The first-order valence-electron chi connectivity index (χ1n) is 8.07. The SMILES string of the molecule is COCCCN(C)C(=O)c1cc(S(=O)(=O)Nc2ccc(F)cc2)ccc1Cl. The van der Waals surface area contributed by atoms with Gasteiger partial charge in [-0.2, -0.15) is 0 Å². The highest BCUT2D eigenvalue weighted by Crippen LogP contribution is 2.24. The molecule has 0 radical (unpaired) electrons. The van der Waals surface area contributed by atoms with E-state index in [1.165, 1.54) is 35.2 Å². The lowest BCUT2D eigenvalue weighted by Gasteiger charge is -2.18. The van der Waals surface area contributed by atoms with Crippen molar-refractivity contribution in [2.45, 2.75) is 11.3 Å². The number of halogens is 2. The molecule has 0 aliphatic heterocycles. The number of nitrogens with one attached hydrogen (secondary N) is 1. The number of nitrogens with zero attached hydrogens (tertiary/aromatic N) is 1. The van der Waals surface area contributed by atoms with Gasteiger partial charge in [-0.15, -0.1) is 0 Å². The van der Waals surface area contributed by atoms with Crippen LogP contribution in [-0.2, 0) is 14.8 Å². The number of carbonyl (C=O) groups excluding carboxylic acids is 1. The van der Waals surface area contributed by atoms with Gasteiger partial charge < -0.3 is 9.64 Å². The predicted molar refractivity (Wildman–Crippen MR) is 102 cm³/mol. The van der Waals surface area contributed by atoms with Crippen LogP contribution in [0.4, 0.5) is 10.1 Å². The molecule has 27 heavy (non-hydrogen) atoms. The van der Waals surface area contributed by atoms with Gasteiger partial charge in [-0.3, -0.25) is 9.52 Å². The lowest BCUT2D eigenvalue weighted by molar-refractivity contribution is 0.0779. The van der Waals surface area contributed by atoms with Gasteiger partial charge in [0.1, 0.15) is 5.82 Å². The van der Waals surface area contributed by atoms with Gasteiger partial charge >= 0.3 is 0 Å². The third kappa shape index (κ3) is 5.66. The van der Waals surface area contributed by atoms with Gasteiger partial charge in [0.05, 0.1) is 15.5 Å². The first-order chi connectivity index (χ1) is 12.7. The highest BCUT2D eigenvalue weighted by molar-refractivity contribution is 7.92. The molecule has 0 unspecified atom stereocenters. The van der Waals surface area contributed by atoms with Crippen molar-refractivity contribution in [3.63, 3.8) is 0 Å². The summed E-state index contributed by atoms with van der Waals surface area (Å²) in [5, 5.41) is 0.152. The molecule has 0 saturated heterocycles. The van der Waals surface area contributed by atoms with Crippen LogP contribution in [0.3, 0.4) is 0 Å². The van der Waals surface area contributed by atoms with Gasteiger partial charge in [0.2, 0.25) is 0 Å². The van der Waals surface area contributed by atoms with Crippen LogP contribution < -0.4 is 4.72 Å². The van der Waals surface area contributed by atoms with E-state index in [2.05, 4.69) is 4.72 Å². The van der Waals surface area contributed by atoms with Crippen LogP contribution >= 0.6 is 11.6 Å². The number of methoxy groups -OCH3 is 1. The minimum Gasteiger partial charge on any atom is -0.385 e. The van der Waals surface area contributed by atoms with Gasteiger partial charge in [0, 0.05) is 33.0 Å². The van der Waals surface area contributed by atoms with Gasteiger partial charge in [-0.05, 0) is 48.9 Å². The molecule has 2 aromatic carbocycles. The molecular formula is C18H20ClFN2O4S. The van der Waals surface area contributed by atoms with Crippen LogP contribution in [0.1, 0.15) is 16.8 Å². The molecule has 0 aliphatic carbocycles. The largest absolute Gasteiger partial charge is 0.385 e. The molecule has 0 saturated carbocycles. The zero-order chi connectivity index (χ0) is 20.0. The Morgan fingerprint density at radius 1 is 1.22 bits per heavy atom. The summed E-state index contributed by atoms with van der Waals surface area (Å²) < 4.78 is 45.4. The highest BCUT2D eigenvalue weighted by Gasteiger charge is 2.21. The van der Waals surface area contributed by atoms with E-state index in [-0.39, 0.29) is 21.2 Å². The van der Waals surface area contributed by atoms with Crippen molar-refractivity contribution in [2.24, 2.45) is 0 Å². The van der Waals surface area contributed by atoms with E-state index in [1.54, 1.807) is 14.2 Å². The van der Waals surface area contributed by atoms with Crippen LogP contribution in [0.15, 0.2) is 47.4 Å². The average Bonchev–Trinajstić information content (AvgIpc) is 2.63. The van der Waals surface area contributed by atoms with Gasteiger partial charge in [-0.1, -0.05) is 11.6 Å². The minimum atomic E-state index is -3.97. The monoisotopic (exact) mass is 414 g/mol. The number of anilines is 1. The maximum Gasteiger partial charge on any atom is 0.261 e. The maximum atomic E-state index is 13.0. The zero-order valence-corrected chi connectivity index (χ0v) is 16.5. The summed E-state index contributed by atoms with van der Waals surface area (Å²) in [6.45, 7) is 0.940. The second kappa shape index (κ2) is 9.16. The Balaban J connectivity index is 2.24. The van der Waals surface area contributed by atoms with Gasteiger partial charge in [0.15, 0.2) is 0 Å². The van der Waals surface area contributed by atoms with Crippen molar-refractivity contribution >= 4 is 33.2 Å². The second-order valence-electron chi connectivity index (χ2n) is 5.83. The molecule has 146 valence electrons. The first kappa shape index (κ1) is 21.1. The summed E-state index contributed by atoms with van der Waals surface area (Å²) in [6, 6.07) is 8.78. The summed E-state index contributed by atoms with van der Waals surface area (Å²) in [5.74, 6) is -0.872. The molecule has 2 aromatic rings. The Labute approximate surface area is 162 Å². The number of rotatable bonds is 8. The topological polar surface area (TPSA) is 75.7 Å². The molecule has 0 aromatic heterocycles. The molecule has 0 heterocycles. The van der Waals surface area contributed by atoms with Crippen molar-refractivity contribution in [3.05, 3.63) is 58.9 Å². The highest BCUT2D eigenvalue weighted by atomic mass is 35.5. The molecule has 0 fully saturated rings. The third-order valence-corrected chi connectivity index (χ3v) is 5.47. The minimum absolute atomic E-state index is 0.0820. The summed E-state index contributed by atoms with van der Waals surface area (Å²) >= 11 is 6.10. The van der Waals surface area contributed by atoms with E-state index in [9.17, 15) is 17.6 Å². The number of benzene rings is 2. The summed E-state index contributed by atoms with van der Waals surface area (Å²) in [6.07, 6.45) is 0.639. The molecule has 0 atom stereocenters. The molecule has 2 rings (SSSR count). The van der Waals surface area contributed by atoms with Crippen molar-refractivity contribution in [2.75, 3.05) is 32.0 Å². The maximum absolute atomic E-state index is 13.0. The van der Waals surface area contributed by atoms with Crippen LogP contribution in [0.5, 0.6) is 0 Å². The smallest absolute Gasteiger partial charge is 0.261 e. The first-order valence-corrected chi connectivity index (χ1v) is 9.93. The Kier molecular flexibility index (Phi) is 7.18. The predicted octanol–water partition coefficient (Wildman–Crippen LogP) is 3.39. The number of sulfonamides is 1. The van der Waals surface area contributed by atoms with Crippen molar-refractivity contribution < 1.29 is 22.3 Å². The van der Waals surface area contributed by atoms with Crippen molar-refractivity contribution in [1.82, 2.24) is 4.90 Å². The molecular weight excluding hydrogens is 395 g/mol. The van der Waals surface area contributed by atoms with Crippen LogP contribution in [-0.4, -0.2) is 46.5 Å². The van der Waals surface area contributed by atoms with Crippen LogP contribution in [0.25, 0.3) is 0 Å². The summed E-state index contributed by atoms with van der Waals surface area (Å²) in [7, 11) is -0.793. The van der Waals surface area contributed by atoms with E-state index in [1.807, 2.05) is 0 Å². The molecule has 6 nitrogen and oxygen atoms in total. The van der Waals surface area contributed by atoms with E-state index >= 15 is 0 Å². The molecule has 0 bridgehead atoms. The fourth-order valence-electron chi connectivity index (χ4n) is 2.32. The Morgan fingerprint density at radius 3 is 2.52 bits per heavy atom. The number of hydrogen-bond acceptors (Lipinski definition) is 4. The van der Waals surface area contributed by atoms with E-state index in [4.69, 9.17) is 16.3 Å². The van der Waals surface area contributed by atoms with E-state index < -0.39 is 21.7 Å². The fourth-order valence-corrected chi connectivity index (χ4v) is 3.60. The fraction of sp³-hybridized carbons (Fsp3) is 0.278. The quantitative estimate of drug-likeness (QED) is 0.672. The second-order valence-corrected chi connectivity index (χ2v) is 7.92. The molecule has 0 spiro atoms. The Morgan fingerprint density at radius 2 is 1.89 bits per heavy atom. The molecule has 0 aliphatic rings. The third-order valence-electron chi connectivity index (χ3n) is 3.76. The number of carbonyl (C=O) groups is 1. The lowest BCUT2D eigenvalue weighted by Crippen LogP contribution is -2.29. The Hall–Kier alpha value is -2.16. The Bertz CT molecular complexity index is 904. The van der Waals surface area contributed by atoms with E-state index in [0.29, 0.717) is 19.6 Å². The zero-order valence-electron chi connectivity index (χ0n) is 14.9. The molecule has 1 amide bonds. The number of hydrogen-bond donors (Lipinski definition) is 1. The standard InChI is InChI=1S/C18H20ClFN2O4S/c1-22(10-3-11-26-2)18(23)16-12-15(8-9-17(16)19)27(24,25)21-14-6-4-13(20)5-7-14/h4-9,12,21H,3,10-11H2,1-2H3. The molecule has 9 heteroatoms. The van der Waals surface area contributed by atoms with Crippen molar-refractivity contribution in [1.29, 1.82) is 0 Å². The lowest BCUT2D eigenvalue weighted by atomic mass is 10.2. The summed E-state index contributed by atoms with van der Waals surface area (Å²) in [5.41, 5.74) is 0.287. The van der Waals surface area contributed by atoms with Crippen molar-refractivity contribution in [3.8, 4) is 0 Å². The normalized spacial score (nSPS) is 11.3. The molecule has 1 N–H and O–H groups in total. The van der Waals surface area contributed by atoms with Gasteiger partial charge in [0.25, 0.3) is 15.9 Å². The van der Waals surface area contributed by atoms with Crippen LogP contribution in [0.2, 0.25) is 5.02 Å². The summed E-state index contributed by atoms with van der Waals surface area (Å²) in [4.78, 5) is 13.9. The number of ether oxygens (including phenoxy) is 1. The van der Waals surface area contributed by atoms with Gasteiger partial charge in [-0.25, -0.2) is 12.8 Å². The van der Waals surface area contributed by atoms with Crippen LogP contribution in [0, 0.1) is 5.82 Å². The average molecular weight is 415 g/mol. The number of amides is 1. The van der Waals surface area contributed by atoms with E-state index in [0.717, 1.165) is 12.1 Å².